The average Bonchev–Trinajstić information content (AvgIpc) is 2.78. The first kappa shape index (κ1) is 15.0. The number of aryl methyl sites for hydroxylation is 1. The zero-order valence-corrected chi connectivity index (χ0v) is 14.8. The number of hydrogen-bond donors (Lipinski definition) is 1. The molecule has 0 saturated carbocycles. The molecule has 102 valence electrons. The van der Waals surface area contributed by atoms with Crippen molar-refractivity contribution in [2.24, 2.45) is 0 Å². The molecule has 1 unspecified atom stereocenters. The Labute approximate surface area is 136 Å². The molecule has 1 aromatic carbocycles. The molecule has 0 spiro atoms. The Balaban J connectivity index is 2.44. The van der Waals surface area contributed by atoms with Crippen LogP contribution in [0.15, 0.2) is 34.9 Å². The van der Waals surface area contributed by atoms with E-state index in [1.165, 1.54) is 14.8 Å². The topological polar surface area (TPSA) is 29.9 Å². The molecule has 2 aromatic rings. The third-order valence-electron chi connectivity index (χ3n) is 3.02. The maximum atomic E-state index is 4.41. The summed E-state index contributed by atoms with van der Waals surface area (Å²) in [5.41, 5.74) is 2.45. The number of nitrogens with zero attached hydrogens (tertiary/aromatic N) is 2. The van der Waals surface area contributed by atoms with Crippen molar-refractivity contribution in [3.63, 3.8) is 0 Å². The normalized spacial score (nSPS) is 12.6. The van der Waals surface area contributed by atoms with Gasteiger partial charge in [-0.15, -0.1) is 0 Å². The van der Waals surface area contributed by atoms with Gasteiger partial charge < -0.3 is 5.32 Å². The lowest BCUT2D eigenvalue weighted by atomic mass is 10.0. The fraction of sp³-hybridized carbons (Fsp3) is 0.357. The molecule has 0 bridgehead atoms. The third-order valence-corrected chi connectivity index (χ3v) is 4.35. The molecule has 1 atom stereocenters. The highest BCUT2D eigenvalue weighted by molar-refractivity contribution is 14.1. The minimum atomic E-state index is 0.166. The van der Waals surface area contributed by atoms with E-state index >= 15 is 0 Å². The summed E-state index contributed by atoms with van der Waals surface area (Å²) in [4.78, 5) is 0. The molecular formula is C14H17BrIN3. The second kappa shape index (κ2) is 6.85. The number of rotatable bonds is 5. The van der Waals surface area contributed by atoms with E-state index in [2.05, 4.69) is 87.0 Å². The maximum absolute atomic E-state index is 4.41. The largest absolute Gasteiger partial charge is 0.305 e. The molecule has 0 amide bonds. The summed E-state index contributed by atoms with van der Waals surface area (Å²) >= 11 is 5.94. The van der Waals surface area contributed by atoms with Gasteiger partial charge in [-0.3, -0.25) is 4.68 Å². The van der Waals surface area contributed by atoms with Gasteiger partial charge in [-0.2, -0.15) is 5.10 Å². The van der Waals surface area contributed by atoms with E-state index in [9.17, 15) is 0 Å². The third kappa shape index (κ3) is 3.38. The van der Waals surface area contributed by atoms with Crippen molar-refractivity contribution in [1.29, 1.82) is 0 Å². The molecule has 0 aliphatic heterocycles. The van der Waals surface area contributed by atoms with E-state index in [1.54, 1.807) is 0 Å². The maximum Gasteiger partial charge on any atom is 0.0759 e. The van der Waals surface area contributed by atoms with Gasteiger partial charge in [0.25, 0.3) is 0 Å². The van der Waals surface area contributed by atoms with E-state index in [-0.39, 0.29) is 6.04 Å². The second-order valence-electron chi connectivity index (χ2n) is 4.24. The van der Waals surface area contributed by atoms with Gasteiger partial charge in [0.1, 0.15) is 0 Å². The van der Waals surface area contributed by atoms with Gasteiger partial charge in [0.2, 0.25) is 0 Å². The van der Waals surface area contributed by atoms with Crippen LogP contribution >= 0.6 is 38.5 Å². The Morgan fingerprint density at radius 3 is 2.58 bits per heavy atom. The second-order valence-corrected chi connectivity index (χ2v) is 6.34. The molecule has 2 rings (SSSR count). The zero-order chi connectivity index (χ0) is 13.8. The smallest absolute Gasteiger partial charge is 0.0759 e. The van der Waals surface area contributed by atoms with Crippen molar-refractivity contribution in [3.05, 3.63) is 49.8 Å². The molecular weight excluding hydrogens is 417 g/mol. The van der Waals surface area contributed by atoms with E-state index < -0.39 is 0 Å². The van der Waals surface area contributed by atoms with E-state index in [0.29, 0.717) is 0 Å². The average molecular weight is 434 g/mol. The highest BCUT2D eigenvalue weighted by Crippen LogP contribution is 2.29. The van der Waals surface area contributed by atoms with Crippen LogP contribution in [0.3, 0.4) is 0 Å². The Morgan fingerprint density at radius 2 is 2.00 bits per heavy atom. The lowest BCUT2D eigenvalue weighted by Gasteiger charge is -2.20. The molecule has 0 saturated heterocycles. The summed E-state index contributed by atoms with van der Waals surface area (Å²) in [6, 6.07) is 8.80. The van der Waals surface area contributed by atoms with Crippen LogP contribution < -0.4 is 5.32 Å². The summed E-state index contributed by atoms with van der Waals surface area (Å²) in [6.07, 6.45) is 1.87. The number of aromatic nitrogens is 2. The molecule has 1 aromatic heterocycles. The highest BCUT2D eigenvalue weighted by Gasteiger charge is 2.20. The monoisotopic (exact) mass is 433 g/mol. The predicted octanol–water partition coefficient (Wildman–Crippen LogP) is 3.97. The first-order chi connectivity index (χ1) is 9.17. The quantitative estimate of drug-likeness (QED) is 0.723. The number of halogens is 2. The van der Waals surface area contributed by atoms with Gasteiger partial charge in [0.15, 0.2) is 0 Å². The van der Waals surface area contributed by atoms with Crippen LogP contribution in [0.2, 0.25) is 0 Å². The van der Waals surface area contributed by atoms with Gasteiger partial charge in [0, 0.05) is 10.1 Å². The Kier molecular flexibility index (Phi) is 5.41. The fourth-order valence-corrected chi connectivity index (χ4v) is 3.03. The number of nitrogens with one attached hydrogen (secondary N) is 1. The first-order valence-corrected chi connectivity index (χ1v) is 8.24. The van der Waals surface area contributed by atoms with Gasteiger partial charge in [0.05, 0.1) is 22.4 Å². The molecule has 0 aliphatic carbocycles. The van der Waals surface area contributed by atoms with Crippen molar-refractivity contribution in [1.82, 2.24) is 15.1 Å². The minimum Gasteiger partial charge on any atom is -0.305 e. The summed E-state index contributed by atoms with van der Waals surface area (Å²) in [6.45, 7) is 6.02. The molecule has 19 heavy (non-hydrogen) atoms. The van der Waals surface area contributed by atoms with Crippen LogP contribution in [0, 0.1) is 3.57 Å². The molecule has 1 heterocycles. The molecule has 5 heteroatoms. The van der Waals surface area contributed by atoms with Crippen molar-refractivity contribution < 1.29 is 0 Å². The van der Waals surface area contributed by atoms with Crippen LogP contribution in [0.5, 0.6) is 0 Å². The molecule has 3 nitrogen and oxygen atoms in total. The van der Waals surface area contributed by atoms with Gasteiger partial charge in [-0.05, 0) is 69.7 Å². The van der Waals surface area contributed by atoms with Gasteiger partial charge in [-0.1, -0.05) is 19.1 Å². The molecule has 0 fully saturated rings. The molecule has 0 radical (unpaired) electrons. The van der Waals surface area contributed by atoms with Crippen LogP contribution in [0.25, 0.3) is 0 Å². The van der Waals surface area contributed by atoms with Crippen LogP contribution in [-0.4, -0.2) is 16.3 Å². The minimum absolute atomic E-state index is 0.166. The molecule has 1 N–H and O–H groups in total. The summed E-state index contributed by atoms with van der Waals surface area (Å²) in [5.74, 6) is 0. The van der Waals surface area contributed by atoms with Crippen LogP contribution in [0.4, 0.5) is 0 Å². The lowest BCUT2D eigenvalue weighted by Crippen LogP contribution is -2.25. The Bertz CT molecular complexity index is 536. The summed E-state index contributed by atoms with van der Waals surface area (Å²) in [5, 5.41) is 7.95. The van der Waals surface area contributed by atoms with E-state index in [0.717, 1.165) is 17.6 Å². The zero-order valence-electron chi connectivity index (χ0n) is 11.0. The van der Waals surface area contributed by atoms with Crippen molar-refractivity contribution >= 4 is 38.5 Å². The van der Waals surface area contributed by atoms with E-state index in [1.807, 2.05) is 10.9 Å². The predicted molar refractivity (Wildman–Crippen MR) is 90.3 cm³/mol. The standard InChI is InChI=1S/C14H17BrIN3/c1-3-17-13(10-5-7-11(16)8-6-10)14-12(15)9-18-19(14)4-2/h5-9,13,17H,3-4H2,1-2H3. The molecule has 0 aliphatic rings. The first-order valence-electron chi connectivity index (χ1n) is 6.37. The number of benzene rings is 1. The SMILES string of the molecule is CCNC(c1ccc(I)cc1)c1c(Br)cnn1CC. The van der Waals surface area contributed by atoms with Crippen molar-refractivity contribution in [2.45, 2.75) is 26.4 Å². The highest BCUT2D eigenvalue weighted by atomic mass is 127. The summed E-state index contributed by atoms with van der Waals surface area (Å²) < 4.78 is 4.34. The fourth-order valence-electron chi connectivity index (χ4n) is 2.14. The van der Waals surface area contributed by atoms with Crippen LogP contribution in [-0.2, 0) is 6.54 Å². The lowest BCUT2D eigenvalue weighted by molar-refractivity contribution is 0.541. The van der Waals surface area contributed by atoms with Crippen molar-refractivity contribution in [2.75, 3.05) is 6.54 Å². The van der Waals surface area contributed by atoms with Gasteiger partial charge >= 0.3 is 0 Å². The van der Waals surface area contributed by atoms with Gasteiger partial charge in [-0.25, -0.2) is 0 Å². The number of hydrogen-bond acceptors (Lipinski definition) is 2. The van der Waals surface area contributed by atoms with Crippen molar-refractivity contribution in [3.8, 4) is 0 Å². The Hall–Kier alpha value is -0.400. The van der Waals surface area contributed by atoms with E-state index in [4.69, 9.17) is 0 Å². The Morgan fingerprint density at radius 1 is 1.32 bits per heavy atom. The van der Waals surface area contributed by atoms with Crippen LogP contribution in [0.1, 0.15) is 31.1 Å². The summed E-state index contributed by atoms with van der Waals surface area (Å²) in [7, 11) is 0.